The maximum atomic E-state index is 6.58. The summed E-state index contributed by atoms with van der Waals surface area (Å²) >= 11 is 0. The number of nitrogens with zero attached hydrogens (tertiary/aromatic N) is 3. The van der Waals surface area contributed by atoms with Crippen LogP contribution in [0.5, 0.6) is 0 Å². The highest BCUT2D eigenvalue weighted by atomic mass is 16.3. The zero-order valence-corrected chi connectivity index (χ0v) is 31.1. The zero-order chi connectivity index (χ0) is 37.9. The minimum Gasteiger partial charge on any atom is -0.455 e. The first kappa shape index (κ1) is 31.4. The second-order valence-electron chi connectivity index (χ2n) is 15.3. The number of hydrogen-bond acceptors (Lipinski definition) is 3. The fourth-order valence-electron chi connectivity index (χ4n) is 9.44. The average Bonchev–Trinajstić information content (AvgIpc) is 3.84. The lowest BCUT2D eigenvalue weighted by Gasteiger charge is -2.16. The Labute approximate surface area is 331 Å². The molecule has 13 aromatic rings. The van der Waals surface area contributed by atoms with Gasteiger partial charge in [-0.1, -0.05) is 152 Å². The van der Waals surface area contributed by atoms with E-state index in [-0.39, 0.29) is 0 Å². The largest absolute Gasteiger partial charge is 0.455 e. The summed E-state index contributed by atoms with van der Waals surface area (Å²) in [6, 6.07) is 67.3. The Bertz CT molecular complexity index is 3850. The quantitative estimate of drug-likeness (QED) is 0.170. The van der Waals surface area contributed by atoms with Gasteiger partial charge in [0.25, 0.3) is 0 Å². The van der Waals surface area contributed by atoms with Crippen LogP contribution in [-0.2, 0) is 0 Å². The lowest BCUT2D eigenvalue weighted by atomic mass is 9.94. The maximum Gasteiger partial charge on any atom is 0.235 e. The van der Waals surface area contributed by atoms with Crippen LogP contribution in [0.2, 0.25) is 0 Å². The number of hydrogen-bond donors (Lipinski definition) is 0. The molecule has 0 atom stereocenters. The summed E-state index contributed by atoms with van der Waals surface area (Å²) in [6.45, 7) is 0. The summed E-state index contributed by atoms with van der Waals surface area (Å²) in [5.41, 5.74) is 9.08. The molecule has 13 rings (SSSR count). The van der Waals surface area contributed by atoms with E-state index in [0.717, 1.165) is 93.0 Å². The van der Waals surface area contributed by atoms with E-state index in [9.17, 15) is 0 Å². The van der Waals surface area contributed by atoms with Gasteiger partial charge >= 0.3 is 0 Å². The molecule has 10 aromatic carbocycles. The van der Waals surface area contributed by atoms with Crippen molar-refractivity contribution >= 4 is 97.7 Å². The van der Waals surface area contributed by atoms with Crippen LogP contribution in [0.15, 0.2) is 192 Å². The molecule has 4 heteroatoms. The van der Waals surface area contributed by atoms with E-state index in [2.05, 4.69) is 180 Å². The summed E-state index contributed by atoms with van der Waals surface area (Å²) in [4.78, 5) is 11.2. The first-order valence-electron chi connectivity index (χ1n) is 19.7. The molecule has 0 aliphatic heterocycles. The lowest BCUT2D eigenvalue weighted by Crippen LogP contribution is -2.04. The highest BCUT2D eigenvalue weighted by Gasteiger charge is 2.22. The van der Waals surface area contributed by atoms with Crippen LogP contribution in [0.4, 0.5) is 0 Å². The number of benzene rings is 10. The first-order chi connectivity index (χ1) is 28.7. The van der Waals surface area contributed by atoms with E-state index < -0.39 is 0 Å². The van der Waals surface area contributed by atoms with Crippen LogP contribution < -0.4 is 0 Å². The molecule has 0 saturated heterocycles. The van der Waals surface area contributed by atoms with Crippen LogP contribution >= 0.6 is 0 Å². The van der Waals surface area contributed by atoms with Crippen molar-refractivity contribution in [3.8, 4) is 28.3 Å². The van der Waals surface area contributed by atoms with Gasteiger partial charge in [-0.2, -0.15) is 0 Å². The Morgan fingerprint density at radius 2 is 1.00 bits per heavy atom. The molecule has 3 heterocycles. The van der Waals surface area contributed by atoms with Crippen molar-refractivity contribution in [3.05, 3.63) is 188 Å². The van der Waals surface area contributed by atoms with Gasteiger partial charge < -0.3 is 4.42 Å². The number of fused-ring (bicyclic) bond motifs is 15. The molecule has 0 unspecified atom stereocenters. The van der Waals surface area contributed by atoms with Gasteiger partial charge in [0.2, 0.25) is 5.95 Å². The van der Waals surface area contributed by atoms with Crippen molar-refractivity contribution in [2.45, 2.75) is 0 Å². The fraction of sp³-hybridized carbons (Fsp3) is 0. The minimum atomic E-state index is 0.629. The summed E-state index contributed by atoms with van der Waals surface area (Å²) in [6.07, 6.45) is 0. The van der Waals surface area contributed by atoms with Crippen molar-refractivity contribution in [2.24, 2.45) is 0 Å². The SMILES string of the molecule is c1ccc2cc(-c3ccc(-c4nc(-n5c6ccccc6c6cc7ccc8c9ccccc9oc8c7cc65)nc5c6ccccc6c6ccccc6c45)cc3)ccc2c1. The van der Waals surface area contributed by atoms with E-state index >= 15 is 0 Å². The molecule has 0 amide bonds. The van der Waals surface area contributed by atoms with Gasteiger partial charge in [-0.25, -0.2) is 9.97 Å². The van der Waals surface area contributed by atoms with Crippen molar-refractivity contribution in [3.63, 3.8) is 0 Å². The van der Waals surface area contributed by atoms with E-state index in [1.165, 1.54) is 27.1 Å². The minimum absolute atomic E-state index is 0.629. The molecule has 0 N–H and O–H groups in total. The Morgan fingerprint density at radius 3 is 1.84 bits per heavy atom. The van der Waals surface area contributed by atoms with Crippen molar-refractivity contribution in [1.82, 2.24) is 14.5 Å². The van der Waals surface area contributed by atoms with Crippen LogP contribution in [0.1, 0.15) is 0 Å². The standard InChI is InChI=1S/C54H31N3O/c1-2-12-35-29-36(26-23-32(35)11-1)33-21-24-34(25-22-33)51-50-42-17-5-3-13-38(42)39-14-4-6-18-43(39)52(50)56-54(55-51)57-47-19-9-7-15-40(47)46-30-37-27-28-44-41-16-8-10-20-49(41)58-53(44)45(37)31-48(46)57/h1-31H. The number of aromatic nitrogens is 3. The monoisotopic (exact) mass is 737 g/mol. The van der Waals surface area contributed by atoms with E-state index in [0.29, 0.717) is 5.95 Å². The summed E-state index contributed by atoms with van der Waals surface area (Å²) in [5, 5.41) is 14.8. The third kappa shape index (κ3) is 4.45. The zero-order valence-electron chi connectivity index (χ0n) is 31.1. The molecule has 58 heavy (non-hydrogen) atoms. The van der Waals surface area contributed by atoms with Crippen LogP contribution in [0.25, 0.3) is 126 Å². The van der Waals surface area contributed by atoms with E-state index in [1.54, 1.807) is 0 Å². The molecule has 3 aromatic heterocycles. The molecule has 0 aliphatic rings. The van der Waals surface area contributed by atoms with Gasteiger partial charge in [-0.05, 0) is 79.8 Å². The second kappa shape index (κ2) is 11.8. The Hall–Kier alpha value is -7.82. The number of furan rings is 1. The van der Waals surface area contributed by atoms with E-state index in [4.69, 9.17) is 14.4 Å². The molecular formula is C54H31N3O. The Kier molecular flexibility index (Phi) is 6.41. The number of rotatable bonds is 3. The molecule has 0 spiro atoms. The van der Waals surface area contributed by atoms with Gasteiger partial charge in [0.1, 0.15) is 11.2 Å². The molecule has 0 radical (unpaired) electrons. The number of para-hydroxylation sites is 2. The third-order valence-corrected chi connectivity index (χ3v) is 12.2. The Morgan fingerprint density at radius 1 is 0.362 bits per heavy atom. The van der Waals surface area contributed by atoms with Gasteiger partial charge in [0.05, 0.1) is 22.2 Å². The summed E-state index contributed by atoms with van der Waals surface area (Å²) in [7, 11) is 0. The van der Waals surface area contributed by atoms with Gasteiger partial charge in [0.15, 0.2) is 0 Å². The molecule has 268 valence electrons. The molecule has 4 nitrogen and oxygen atoms in total. The fourth-order valence-corrected chi connectivity index (χ4v) is 9.44. The van der Waals surface area contributed by atoms with Crippen molar-refractivity contribution < 1.29 is 4.42 Å². The molecule has 0 bridgehead atoms. The topological polar surface area (TPSA) is 43.9 Å². The van der Waals surface area contributed by atoms with Gasteiger partial charge in [-0.3, -0.25) is 4.57 Å². The highest BCUT2D eigenvalue weighted by Crippen LogP contribution is 2.43. The summed E-state index contributed by atoms with van der Waals surface area (Å²) < 4.78 is 8.83. The predicted molar refractivity (Wildman–Crippen MR) is 242 cm³/mol. The van der Waals surface area contributed by atoms with Crippen molar-refractivity contribution in [2.75, 3.05) is 0 Å². The van der Waals surface area contributed by atoms with Crippen molar-refractivity contribution in [1.29, 1.82) is 0 Å². The maximum absolute atomic E-state index is 6.58. The molecule has 0 fully saturated rings. The highest BCUT2D eigenvalue weighted by molar-refractivity contribution is 6.27. The molecule has 0 aliphatic carbocycles. The van der Waals surface area contributed by atoms with Gasteiger partial charge in [0, 0.05) is 43.3 Å². The van der Waals surface area contributed by atoms with Crippen LogP contribution in [0.3, 0.4) is 0 Å². The smallest absolute Gasteiger partial charge is 0.235 e. The van der Waals surface area contributed by atoms with Crippen LogP contribution in [0, 0.1) is 0 Å². The average molecular weight is 738 g/mol. The first-order valence-corrected chi connectivity index (χ1v) is 19.7. The normalized spacial score (nSPS) is 12.1. The summed E-state index contributed by atoms with van der Waals surface area (Å²) in [5.74, 6) is 0.629. The van der Waals surface area contributed by atoms with E-state index in [1.807, 2.05) is 12.1 Å². The molecule has 0 saturated carbocycles. The predicted octanol–water partition coefficient (Wildman–Crippen LogP) is 14.6. The molecular weight excluding hydrogens is 707 g/mol. The second-order valence-corrected chi connectivity index (χ2v) is 15.3. The van der Waals surface area contributed by atoms with Crippen LogP contribution in [-0.4, -0.2) is 14.5 Å². The third-order valence-electron chi connectivity index (χ3n) is 12.2. The Balaban J connectivity index is 1.12. The lowest BCUT2D eigenvalue weighted by molar-refractivity contribution is 0.672. The van der Waals surface area contributed by atoms with Gasteiger partial charge in [-0.15, -0.1) is 0 Å².